The summed E-state index contributed by atoms with van der Waals surface area (Å²) in [7, 11) is 2.12. The second-order valence-corrected chi connectivity index (χ2v) is 15.9. The summed E-state index contributed by atoms with van der Waals surface area (Å²) in [6.07, 6.45) is 3.09. The number of rotatable bonds is 14. The Morgan fingerprint density at radius 3 is 2.29 bits per heavy atom. The zero-order valence-electron chi connectivity index (χ0n) is 24.1. The van der Waals surface area contributed by atoms with Gasteiger partial charge in [-0.05, 0) is 69.9 Å². The Balaban J connectivity index is 2.71. The average Bonchev–Trinajstić information content (AvgIpc) is 2.82. The molecular weight excluding hydrogens is 452 g/mol. The minimum absolute atomic E-state index is 0.0262. The van der Waals surface area contributed by atoms with Crippen LogP contribution in [0, 0.1) is 0 Å². The molecule has 0 aliphatic carbocycles. The van der Waals surface area contributed by atoms with E-state index >= 15 is 0 Å². The van der Waals surface area contributed by atoms with Gasteiger partial charge in [-0.25, -0.2) is 0 Å². The standard InChI is InChI=1S/C27H50N6OSi/c1-13-21(2)26(18-19-32(9)31-30-22(3)23(4)33(10)28-8)29-25-16-14-24(15-17-25)20-34-35(11,12)27(5,6)7/h13-17,22-23,26,29H,8,18-20H2,1-7,9-12H3/b21-13+,31-30-/t22-,23?,26?/m0/s1. The van der Waals surface area contributed by atoms with Crippen molar-refractivity contribution >= 4 is 20.7 Å². The monoisotopic (exact) mass is 502 g/mol. The fourth-order valence-corrected chi connectivity index (χ4v) is 4.02. The zero-order valence-corrected chi connectivity index (χ0v) is 25.1. The summed E-state index contributed by atoms with van der Waals surface area (Å²) in [6, 6.07) is 9.01. The molecule has 1 N–H and O–H groups in total. The summed E-state index contributed by atoms with van der Waals surface area (Å²) in [5, 5.41) is 20.4. The van der Waals surface area contributed by atoms with Gasteiger partial charge in [0.25, 0.3) is 0 Å². The largest absolute Gasteiger partial charge is 0.413 e. The van der Waals surface area contributed by atoms with E-state index in [1.165, 1.54) is 11.1 Å². The van der Waals surface area contributed by atoms with E-state index < -0.39 is 8.32 Å². The second kappa shape index (κ2) is 13.8. The topological polar surface area (TPSA) is 64.8 Å². The van der Waals surface area contributed by atoms with Crippen LogP contribution in [-0.4, -0.2) is 63.8 Å². The summed E-state index contributed by atoms with van der Waals surface area (Å²) in [4.78, 5) is 0. The van der Waals surface area contributed by atoms with Crippen molar-refractivity contribution in [3.8, 4) is 0 Å². The Bertz CT molecular complexity index is 831. The molecule has 35 heavy (non-hydrogen) atoms. The Kier molecular flexibility index (Phi) is 12.1. The fourth-order valence-electron chi connectivity index (χ4n) is 3.06. The molecule has 0 fully saturated rings. The maximum atomic E-state index is 6.37. The predicted molar refractivity (Wildman–Crippen MR) is 154 cm³/mol. The molecule has 0 radical (unpaired) electrons. The molecular formula is C27H50N6OSi. The predicted octanol–water partition coefficient (Wildman–Crippen LogP) is 6.97. The summed E-state index contributed by atoms with van der Waals surface area (Å²) < 4.78 is 6.37. The number of hydrazone groups is 1. The van der Waals surface area contributed by atoms with Crippen LogP contribution < -0.4 is 5.32 Å². The van der Waals surface area contributed by atoms with Crippen molar-refractivity contribution < 1.29 is 4.43 Å². The highest BCUT2D eigenvalue weighted by molar-refractivity contribution is 6.74. The Morgan fingerprint density at radius 1 is 1.17 bits per heavy atom. The molecule has 198 valence electrons. The highest BCUT2D eigenvalue weighted by Crippen LogP contribution is 2.37. The maximum absolute atomic E-state index is 6.37. The Labute approximate surface area is 215 Å². The van der Waals surface area contributed by atoms with Gasteiger partial charge in [0.2, 0.25) is 0 Å². The molecule has 2 unspecified atom stereocenters. The number of anilines is 1. The first-order chi connectivity index (χ1) is 16.2. The molecule has 0 amide bonds. The van der Waals surface area contributed by atoms with Gasteiger partial charge in [-0.15, -0.1) is 0 Å². The fraction of sp³-hybridized carbons (Fsp3) is 0.667. The molecule has 0 saturated heterocycles. The molecule has 1 aromatic rings. The van der Waals surface area contributed by atoms with E-state index in [0.717, 1.165) is 18.7 Å². The van der Waals surface area contributed by atoms with Crippen molar-refractivity contribution in [1.82, 2.24) is 10.0 Å². The van der Waals surface area contributed by atoms with Gasteiger partial charge in [-0.1, -0.05) is 49.8 Å². The molecule has 0 aliphatic rings. The molecule has 7 nitrogen and oxygen atoms in total. The van der Waals surface area contributed by atoms with Gasteiger partial charge >= 0.3 is 0 Å². The first-order valence-corrected chi connectivity index (χ1v) is 15.6. The third-order valence-corrected chi connectivity index (χ3v) is 11.8. The molecule has 0 bridgehead atoms. The molecule has 0 aliphatic heterocycles. The van der Waals surface area contributed by atoms with E-state index in [4.69, 9.17) is 4.43 Å². The zero-order chi connectivity index (χ0) is 26.8. The smallest absolute Gasteiger partial charge is 0.192 e. The van der Waals surface area contributed by atoms with Gasteiger partial charge in [-0.2, -0.15) is 10.2 Å². The van der Waals surface area contributed by atoms with Crippen LogP contribution in [0.2, 0.25) is 18.1 Å². The number of nitrogens with zero attached hydrogens (tertiary/aromatic N) is 5. The minimum Gasteiger partial charge on any atom is -0.413 e. The summed E-state index contributed by atoms with van der Waals surface area (Å²) in [5.41, 5.74) is 3.63. The molecule has 0 saturated carbocycles. The van der Waals surface area contributed by atoms with Gasteiger partial charge in [0.1, 0.15) is 0 Å². The van der Waals surface area contributed by atoms with Gasteiger partial charge in [0.15, 0.2) is 8.32 Å². The number of allylic oxidation sites excluding steroid dienone is 1. The van der Waals surface area contributed by atoms with Crippen molar-refractivity contribution in [1.29, 1.82) is 0 Å². The van der Waals surface area contributed by atoms with Crippen LogP contribution in [-0.2, 0) is 11.0 Å². The van der Waals surface area contributed by atoms with E-state index in [0.29, 0.717) is 6.61 Å². The Morgan fingerprint density at radius 2 is 1.77 bits per heavy atom. The molecule has 1 aromatic carbocycles. The lowest BCUT2D eigenvalue weighted by Crippen LogP contribution is -2.40. The number of hydrogen-bond acceptors (Lipinski definition) is 6. The van der Waals surface area contributed by atoms with Gasteiger partial charge in [0.05, 0.1) is 18.7 Å². The first kappa shape index (κ1) is 30.8. The Hall–Kier alpha value is -2.19. The second-order valence-electron chi connectivity index (χ2n) is 11.0. The van der Waals surface area contributed by atoms with Crippen molar-refractivity contribution in [2.45, 2.75) is 97.8 Å². The number of nitrogens with one attached hydrogen (secondary N) is 1. The van der Waals surface area contributed by atoms with Gasteiger partial charge in [0, 0.05) is 39.1 Å². The quantitative estimate of drug-likeness (QED) is 0.0981. The molecule has 0 heterocycles. The lowest BCUT2D eigenvalue weighted by atomic mass is 10.0. The van der Waals surface area contributed by atoms with Crippen LogP contribution in [0.15, 0.2) is 51.4 Å². The van der Waals surface area contributed by atoms with E-state index in [1.54, 1.807) is 0 Å². The summed E-state index contributed by atoms with van der Waals surface area (Å²) in [5.74, 6) is 0. The lowest BCUT2D eigenvalue weighted by Gasteiger charge is -2.36. The summed E-state index contributed by atoms with van der Waals surface area (Å²) >= 11 is 0. The number of hydrogen-bond donors (Lipinski definition) is 1. The third kappa shape index (κ3) is 10.1. The SMILES string of the molecule is C=NN(C)C(C)[C@H](C)/N=N\N(C)CCC(Nc1ccc(CO[Si](C)(C)C(C)(C)C)cc1)/C(C)=C/C. The molecule has 3 atom stereocenters. The van der Waals surface area contributed by atoms with Crippen LogP contribution in [0.25, 0.3) is 0 Å². The van der Waals surface area contributed by atoms with Crippen molar-refractivity contribution in [2.24, 2.45) is 15.4 Å². The van der Waals surface area contributed by atoms with Gasteiger partial charge < -0.3 is 9.74 Å². The molecule has 8 heteroatoms. The van der Waals surface area contributed by atoms with E-state index in [9.17, 15) is 0 Å². The summed E-state index contributed by atoms with van der Waals surface area (Å²) in [6.45, 7) is 24.8. The highest BCUT2D eigenvalue weighted by Gasteiger charge is 2.37. The van der Waals surface area contributed by atoms with Gasteiger partial charge in [-0.3, -0.25) is 10.0 Å². The molecule has 1 rings (SSSR count). The number of likely N-dealkylation sites (N-methyl/N-ethyl adjacent to an activating group) is 1. The van der Waals surface area contributed by atoms with Crippen LogP contribution in [0.5, 0.6) is 0 Å². The minimum atomic E-state index is -1.75. The maximum Gasteiger partial charge on any atom is 0.192 e. The van der Waals surface area contributed by atoms with Crippen LogP contribution in [0.3, 0.4) is 0 Å². The lowest BCUT2D eigenvalue weighted by molar-refractivity contribution is 0.230. The first-order valence-electron chi connectivity index (χ1n) is 12.7. The van der Waals surface area contributed by atoms with E-state index in [-0.39, 0.29) is 23.2 Å². The van der Waals surface area contributed by atoms with E-state index in [2.05, 4.69) is 112 Å². The average molecular weight is 503 g/mol. The van der Waals surface area contributed by atoms with Crippen LogP contribution in [0.1, 0.15) is 60.5 Å². The van der Waals surface area contributed by atoms with Crippen molar-refractivity contribution in [3.63, 3.8) is 0 Å². The normalized spacial score (nSPS) is 15.6. The number of benzene rings is 1. The van der Waals surface area contributed by atoms with Crippen molar-refractivity contribution in [2.75, 3.05) is 26.0 Å². The highest BCUT2D eigenvalue weighted by atomic mass is 28.4. The van der Waals surface area contributed by atoms with E-state index in [1.807, 2.05) is 31.0 Å². The van der Waals surface area contributed by atoms with Crippen LogP contribution in [0.4, 0.5) is 5.69 Å². The van der Waals surface area contributed by atoms with Crippen molar-refractivity contribution in [3.05, 3.63) is 41.5 Å². The molecule has 0 aromatic heterocycles. The molecule has 0 spiro atoms. The third-order valence-electron chi connectivity index (χ3n) is 7.34. The van der Waals surface area contributed by atoms with Crippen LogP contribution >= 0.6 is 0 Å².